The van der Waals surface area contributed by atoms with Gasteiger partial charge in [-0.05, 0) is 116 Å². The minimum atomic E-state index is 0.634. The lowest BCUT2D eigenvalue weighted by Gasteiger charge is -2.68. The van der Waals surface area contributed by atoms with E-state index in [0.29, 0.717) is 16.2 Å². The maximum Gasteiger partial charge on any atom is 0.0444 e. The quantitative estimate of drug-likeness (QED) is 0.225. The maximum atomic E-state index is 4.28. The number of rotatable bonds is 6. The molecule has 0 heterocycles. The van der Waals surface area contributed by atoms with Gasteiger partial charge in [0, 0.05) is 11.9 Å². The molecule has 0 bridgehead atoms. The molecule has 4 aliphatic carbocycles. The summed E-state index contributed by atoms with van der Waals surface area (Å²) >= 11 is 0. The molecule has 0 radical (unpaired) electrons. The predicted octanol–water partition coefficient (Wildman–Crippen LogP) is 13.1. The van der Waals surface area contributed by atoms with E-state index in [4.69, 9.17) is 0 Å². The topological polar surface area (TPSA) is 12.4 Å². The number of fused-ring (bicyclic) bond motifs is 5. The molecule has 43 heavy (non-hydrogen) atoms. The molecule has 8 unspecified atom stereocenters. The number of hydrogen-bond acceptors (Lipinski definition) is 1. The first-order chi connectivity index (χ1) is 20.7. The van der Waals surface area contributed by atoms with E-state index < -0.39 is 0 Å². The van der Waals surface area contributed by atoms with Gasteiger partial charge in [0.2, 0.25) is 0 Å². The highest BCUT2D eigenvalue weighted by Crippen LogP contribution is 2.73. The lowest BCUT2D eigenvalue weighted by atomic mass is 9.36. The molecule has 5 rings (SSSR count). The molecule has 4 saturated carbocycles. The third-order valence-electron chi connectivity index (χ3n) is 12.9. The molecule has 0 aliphatic heterocycles. The Morgan fingerprint density at radius 1 is 0.907 bits per heavy atom. The number of allylic oxidation sites excluding steroid dienone is 1. The summed E-state index contributed by atoms with van der Waals surface area (Å²) in [6.07, 6.45) is 23.7. The molecule has 1 aromatic rings. The molecule has 1 aromatic carbocycles. The second-order valence-electron chi connectivity index (χ2n) is 14.4. The van der Waals surface area contributed by atoms with Crippen molar-refractivity contribution in [3.05, 3.63) is 54.2 Å². The van der Waals surface area contributed by atoms with E-state index in [0.717, 1.165) is 46.4 Å². The van der Waals surface area contributed by atoms with Crippen LogP contribution in [0.1, 0.15) is 150 Å². The normalized spacial score (nSPS) is 36.3. The van der Waals surface area contributed by atoms with Crippen molar-refractivity contribution in [2.24, 2.45) is 50.8 Å². The van der Waals surface area contributed by atoms with Crippen molar-refractivity contribution >= 4 is 21.0 Å². The van der Waals surface area contributed by atoms with Crippen LogP contribution in [0.2, 0.25) is 0 Å². The molecular weight excluding hydrogens is 537 g/mol. The van der Waals surface area contributed by atoms with Gasteiger partial charge in [-0.25, -0.2) is 0 Å². The van der Waals surface area contributed by atoms with Crippen molar-refractivity contribution in [2.45, 2.75) is 139 Å². The smallest absolute Gasteiger partial charge is 0.0444 e. The van der Waals surface area contributed by atoms with Crippen LogP contribution in [-0.2, 0) is 0 Å². The van der Waals surface area contributed by atoms with Gasteiger partial charge < -0.3 is 0 Å². The van der Waals surface area contributed by atoms with E-state index in [-0.39, 0.29) is 0 Å². The standard InChI is InChI=1S/C25H44.C13H15N.C2H6.CH5P/c1-6-10-19-12-13-21-22-17-18(7-2)20-11-8-9-14-24(20,4)25(22,5)16-15-23(19,21)3;1-4-10-14-11(3)13-8-6-12(5-2)7-9-13;2*1-2/h18-22H,6-17H2,1-5H3;4-10H,2H2,1,3H3;1-2H3;2H2,1H3/b;10-4-,14-11?;;/t18-,19?,20?,21?,22?,23?,24?,25?;;;/m0.../s1. The fourth-order valence-electron chi connectivity index (χ4n) is 10.4. The van der Waals surface area contributed by atoms with Crippen LogP contribution in [0.3, 0.4) is 0 Å². The van der Waals surface area contributed by atoms with Gasteiger partial charge in [0.15, 0.2) is 0 Å². The van der Waals surface area contributed by atoms with E-state index in [1.807, 2.05) is 58.6 Å². The van der Waals surface area contributed by atoms with Gasteiger partial charge in [-0.3, -0.25) is 4.99 Å². The summed E-state index contributed by atoms with van der Waals surface area (Å²) in [5.41, 5.74) is 5.25. The highest BCUT2D eigenvalue weighted by Gasteiger charge is 2.65. The van der Waals surface area contributed by atoms with Crippen LogP contribution in [0.15, 0.2) is 48.1 Å². The van der Waals surface area contributed by atoms with Crippen molar-refractivity contribution in [2.75, 3.05) is 6.66 Å². The predicted molar refractivity (Wildman–Crippen MR) is 199 cm³/mol. The van der Waals surface area contributed by atoms with Gasteiger partial charge in [0.1, 0.15) is 0 Å². The summed E-state index contributed by atoms with van der Waals surface area (Å²) in [6, 6.07) is 8.19. The minimum absolute atomic E-state index is 0.634. The van der Waals surface area contributed by atoms with E-state index in [9.17, 15) is 0 Å². The van der Waals surface area contributed by atoms with Crippen LogP contribution in [-0.4, -0.2) is 12.4 Å². The van der Waals surface area contributed by atoms with Gasteiger partial charge in [-0.1, -0.05) is 130 Å². The number of benzene rings is 1. The largest absolute Gasteiger partial charge is 0.261 e. The Hall–Kier alpha value is -1.20. The number of aliphatic imine (C=N–C) groups is 1. The van der Waals surface area contributed by atoms with Crippen molar-refractivity contribution in [3.8, 4) is 0 Å². The third-order valence-corrected chi connectivity index (χ3v) is 12.9. The van der Waals surface area contributed by atoms with Crippen LogP contribution in [0, 0.1) is 45.8 Å². The molecule has 4 fully saturated rings. The zero-order valence-corrected chi connectivity index (χ0v) is 31.3. The first-order valence-electron chi connectivity index (χ1n) is 18.1. The first-order valence-corrected chi connectivity index (χ1v) is 19.3. The van der Waals surface area contributed by atoms with Crippen LogP contribution in [0.25, 0.3) is 6.08 Å². The average Bonchev–Trinajstić information content (AvgIpc) is 3.38. The zero-order valence-electron chi connectivity index (χ0n) is 30.1. The maximum absolute atomic E-state index is 4.28. The molecule has 2 heteroatoms. The Bertz CT molecular complexity index is 1020. The molecule has 0 saturated heterocycles. The van der Waals surface area contributed by atoms with Gasteiger partial charge >= 0.3 is 0 Å². The van der Waals surface area contributed by atoms with Gasteiger partial charge in [-0.2, -0.15) is 0 Å². The SMILES string of the molecule is C=Cc1ccc(C(C)=N/C=C\C)cc1.CC.CCCC1CCC2C3C[C@H](CC)C4CCCCC4(C)C3(C)CCC12C.CP. The van der Waals surface area contributed by atoms with Crippen LogP contribution in [0.5, 0.6) is 0 Å². The summed E-state index contributed by atoms with van der Waals surface area (Å²) < 4.78 is 0. The number of nitrogens with zero attached hydrogens (tertiary/aromatic N) is 1. The van der Waals surface area contributed by atoms with E-state index in [2.05, 4.69) is 67.6 Å². The molecular formula is C41H70NP. The summed E-state index contributed by atoms with van der Waals surface area (Å²) in [4.78, 5) is 4.28. The Morgan fingerprint density at radius 3 is 2.14 bits per heavy atom. The molecule has 9 atom stereocenters. The van der Waals surface area contributed by atoms with Crippen molar-refractivity contribution < 1.29 is 0 Å². The van der Waals surface area contributed by atoms with Crippen LogP contribution >= 0.6 is 9.24 Å². The molecule has 4 aliphatic rings. The van der Waals surface area contributed by atoms with Gasteiger partial charge in [-0.15, -0.1) is 9.24 Å². The van der Waals surface area contributed by atoms with Gasteiger partial charge in [0.05, 0.1) is 0 Å². The first kappa shape index (κ1) is 38.0. The van der Waals surface area contributed by atoms with Crippen molar-refractivity contribution in [3.63, 3.8) is 0 Å². The second kappa shape index (κ2) is 17.5. The van der Waals surface area contributed by atoms with E-state index in [1.54, 1.807) is 25.5 Å². The van der Waals surface area contributed by atoms with Crippen LogP contribution < -0.4 is 0 Å². The Morgan fingerprint density at radius 2 is 1.56 bits per heavy atom. The van der Waals surface area contributed by atoms with Crippen molar-refractivity contribution in [1.82, 2.24) is 0 Å². The van der Waals surface area contributed by atoms with Crippen molar-refractivity contribution in [1.29, 1.82) is 0 Å². The molecule has 244 valence electrons. The molecule has 0 N–H and O–H groups in total. The Labute approximate surface area is 271 Å². The average molecular weight is 608 g/mol. The number of hydrogen-bond donors (Lipinski definition) is 0. The molecule has 0 amide bonds. The summed E-state index contributed by atoms with van der Waals surface area (Å²) in [6.45, 7) is 26.7. The monoisotopic (exact) mass is 608 g/mol. The van der Waals surface area contributed by atoms with Gasteiger partial charge in [0.25, 0.3) is 0 Å². The summed E-state index contributed by atoms with van der Waals surface area (Å²) in [5, 5.41) is 0. The lowest BCUT2D eigenvalue weighted by Crippen LogP contribution is -2.61. The lowest BCUT2D eigenvalue weighted by molar-refractivity contribution is -0.194. The minimum Gasteiger partial charge on any atom is -0.261 e. The van der Waals surface area contributed by atoms with E-state index in [1.165, 1.54) is 57.8 Å². The summed E-state index contributed by atoms with van der Waals surface area (Å²) in [5.74, 6) is 5.15. The third kappa shape index (κ3) is 7.79. The summed E-state index contributed by atoms with van der Waals surface area (Å²) in [7, 11) is 2.42. The zero-order chi connectivity index (χ0) is 32.3. The Kier molecular flexibility index (Phi) is 15.4. The second-order valence-corrected chi connectivity index (χ2v) is 14.4. The molecule has 0 aromatic heterocycles. The Balaban J connectivity index is 0.000000306. The fraction of sp³-hybridized carbons (Fsp3) is 0.732. The molecule has 0 spiro atoms. The highest BCUT2D eigenvalue weighted by atomic mass is 31.0. The van der Waals surface area contributed by atoms with E-state index >= 15 is 0 Å². The highest BCUT2D eigenvalue weighted by molar-refractivity contribution is 7.15. The fourth-order valence-corrected chi connectivity index (χ4v) is 10.4. The molecule has 1 nitrogen and oxygen atoms in total. The van der Waals surface area contributed by atoms with Crippen LogP contribution in [0.4, 0.5) is 0 Å².